The van der Waals surface area contributed by atoms with Crippen LogP contribution in [0.4, 0.5) is 0 Å². The summed E-state index contributed by atoms with van der Waals surface area (Å²) in [5.74, 6) is -0.861. The molecule has 0 spiro atoms. The smallest absolute Gasteiger partial charge is 0.338 e. The summed E-state index contributed by atoms with van der Waals surface area (Å²) < 4.78 is 5.38. The molecule has 8 nitrogen and oxygen atoms in total. The number of oxime groups is 1. The van der Waals surface area contributed by atoms with Crippen molar-refractivity contribution >= 4 is 17.8 Å². The van der Waals surface area contributed by atoms with Gasteiger partial charge in [0, 0.05) is 12.4 Å². The van der Waals surface area contributed by atoms with Gasteiger partial charge in [-0.05, 0) is 39.2 Å². The van der Waals surface area contributed by atoms with E-state index < -0.39 is 23.5 Å². The van der Waals surface area contributed by atoms with E-state index in [4.69, 9.17) is 15.3 Å². The number of carbonyl (C=O) groups is 2. The van der Waals surface area contributed by atoms with Crippen LogP contribution in [0.3, 0.4) is 0 Å². The fraction of sp³-hybridized carbons (Fsp3) is 0.682. The zero-order valence-electron chi connectivity index (χ0n) is 18.3. The molecule has 0 aliphatic heterocycles. The summed E-state index contributed by atoms with van der Waals surface area (Å²) in [6.07, 6.45) is 11.8. The van der Waals surface area contributed by atoms with Gasteiger partial charge in [-0.15, -0.1) is 0 Å². The molecule has 0 saturated heterocycles. The number of nitrogens with zero attached hydrogens (tertiary/aromatic N) is 3. The van der Waals surface area contributed by atoms with Crippen LogP contribution in [-0.2, 0) is 19.2 Å². The first-order valence-electron chi connectivity index (χ1n) is 10.8. The summed E-state index contributed by atoms with van der Waals surface area (Å²) in [7, 11) is 0. The molecule has 30 heavy (non-hydrogen) atoms. The molecule has 1 aliphatic carbocycles. The lowest BCUT2D eigenvalue weighted by atomic mass is 9.84. The molecule has 0 aromatic carbocycles. The van der Waals surface area contributed by atoms with E-state index in [1.165, 1.54) is 44.5 Å². The molecule has 0 amide bonds. The predicted octanol–water partition coefficient (Wildman–Crippen LogP) is 3.74. The molecular formula is C22H34N4O4. The first kappa shape index (κ1) is 23.8. The van der Waals surface area contributed by atoms with Crippen molar-refractivity contribution < 1.29 is 19.2 Å². The van der Waals surface area contributed by atoms with Gasteiger partial charge in [0.25, 0.3) is 0 Å². The quantitative estimate of drug-likeness (QED) is 0.213. The number of hydrogen-bond donors (Lipinski definition) is 1. The molecule has 0 bridgehead atoms. The highest BCUT2D eigenvalue weighted by Crippen LogP contribution is 2.29. The minimum absolute atomic E-state index is 0.0436. The van der Waals surface area contributed by atoms with Crippen molar-refractivity contribution in [2.75, 3.05) is 0 Å². The van der Waals surface area contributed by atoms with Crippen LogP contribution in [-0.4, -0.2) is 33.3 Å². The van der Waals surface area contributed by atoms with Crippen molar-refractivity contribution in [3.63, 3.8) is 0 Å². The van der Waals surface area contributed by atoms with Crippen molar-refractivity contribution in [2.45, 2.75) is 84.2 Å². The lowest BCUT2D eigenvalue weighted by molar-refractivity contribution is -0.161. The highest BCUT2D eigenvalue weighted by molar-refractivity contribution is 5.93. The Bertz CT molecular complexity index is 710. The van der Waals surface area contributed by atoms with Gasteiger partial charge < -0.3 is 15.3 Å². The van der Waals surface area contributed by atoms with Crippen molar-refractivity contribution in [3.8, 4) is 0 Å². The van der Waals surface area contributed by atoms with Gasteiger partial charge >= 0.3 is 11.9 Å². The number of rotatable bonds is 9. The molecule has 8 heteroatoms. The van der Waals surface area contributed by atoms with E-state index in [9.17, 15) is 9.59 Å². The summed E-state index contributed by atoms with van der Waals surface area (Å²) >= 11 is 0. The van der Waals surface area contributed by atoms with Crippen LogP contribution in [0.5, 0.6) is 0 Å². The van der Waals surface area contributed by atoms with Gasteiger partial charge in [-0.25, -0.2) is 14.8 Å². The predicted molar refractivity (Wildman–Crippen MR) is 113 cm³/mol. The molecule has 0 unspecified atom stereocenters. The van der Waals surface area contributed by atoms with Crippen LogP contribution in [0.1, 0.15) is 84.4 Å². The van der Waals surface area contributed by atoms with E-state index >= 15 is 0 Å². The molecule has 1 atom stereocenters. The summed E-state index contributed by atoms with van der Waals surface area (Å²) in [5.41, 5.74) is 5.17. The third kappa shape index (κ3) is 8.88. The second-order valence-corrected chi connectivity index (χ2v) is 8.88. The average molecular weight is 419 g/mol. The monoisotopic (exact) mass is 418 g/mol. The summed E-state index contributed by atoms with van der Waals surface area (Å²) in [6.45, 7) is 5.39. The maximum Gasteiger partial charge on any atom is 0.338 e. The largest absolute Gasteiger partial charge is 0.460 e. The molecule has 1 fully saturated rings. The minimum atomic E-state index is -0.628. The van der Waals surface area contributed by atoms with Crippen LogP contribution >= 0.6 is 0 Å². The molecule has 2 rings (SSSR count). The van der Waals surface area contributed by atoms with Crippen molar-refractivity contribution in [3.05, 3.63) is 24.3 Å². The first-order chi connectivity index (χ1) is 14.2. The van der Waals surface area contributed by atoms with Gasteiger partial charge in [-0.1, -0.05) is 50.1 Å². The topological polar surface area (TPSA) is 117 Å². The molecule has 2 N–H and O–H groups in total. The molecule has 0 radical (unpaired) electrons. The van der Waals surface area contributed by atoms with Gasteiger partial charge in [0.2, 0.25) is 5.84 Å². The molecule has 1 saturated carbocycles. The summed E-state index contributed by atoms with van der Waals surface area (Å²) in [5, 5.41) is 3.66. The number of hydrogen-bond acceptors (Lipinski definition) is 7. The van der Waals surface area contributed by atoms with Gasteiger partial charge in [-0.3, -0.25) is 4.79 Å². The Morgan fingerprint density at radius 1 is 1.20 bits per heavy atom. The molecule has 1 aromatic heterocycles. The zero-order chi connectivity index (χ0) is 22.0. The SMILES string of the molecule is CC(C)(C)OC(=O)C[C@H](CCCC1CCCCC1)C(=O)O/N=C(\N)c1ncccn1. The molecule has 1 aliphatic rings. The van der Waals surface area contributed by atoms with Crippen LogP contribution in [0.2, 0.25) is 0 Å². The summed E-state index contributed by atoms with van der Waals surface area (Å²) in [6, 6.07) is 1.64. The lowest BCUT2D eigenvalue weighted by Gasteiger charge is -2.23. The van der Waals surface area contributed by atoms with Crippen molar-refractivity contribution in [1.82, 2.24) is 9.97 Å². The van der Waals surface area contributed by atoms with E-state index in [1.54, 1.807) is 26.8 Å². The Hall–Kier alpha value is -2.51. The molecular weight excluding hydrogens is 384 g/mol. The van der Waals surface area contributed by atoms with Gasteiger partial charge in [0.05, 0.1) is 12.3 Å². The molecule has 1 aromatic rings. The third-order valence-corrected chi connectivity index (χ3v) is 5.08. The third-order valence-electron chi connectivity index (χ3n) is 5.08. The highest BCUT2D eigenvalue weighted by Gasteiger charge is 2.27. The number of carbonyl (C=O) groups excluding carboxylic acids is 2. The van der Waals surface area contributed by atoms with Crippen LogP contribution in [0.25, 0.3) is 0 Å². The van der Waals surface area contributed by atoms with Gasteiger partial charge in [0.15, 0.2) is 5.82 Å². The number of esters is 1. The lowest BCUT2D eigenvalue weighted by Crippen LogP contribution is -2.28. The van der Waals surface area contributed by atoms with Crippen LogP contribution in [0.15, 0.2) is 23.6 Å². The maximum atomic E-state index is 12.6. The zero-order valence-corrected chi connectivity index (χ0v) is 18.3. The van der Waals surface area contributed by atoms with Crippen LogP contribution in [0, 0.1) is 11.8 Å². The first-order valence-corrected chi connectivity index (χ1v) is 10.8. The van der Waals surface area contributed by atoms with E-state index in [0.29, 0.717) is 12.3 Å². The number of amidine groups is 1. The summed E-state index contributed by atoms with van der Waals surface area (Å²) in [4.78, 5) is 37.9. The Morgan fingerprint density at radius 2 is 1.87 bits per heavy atom. The Balaban J connectivity index is 1.95. The Kier molecular flexibility index (Phi) is 9.20. The number of ether oxygens (including phenoxy) is 1. The molecule has 166 valence electrons. The fourth-order valence-corrected chi connectivity index (χ4v) is 3.66. The van der Waals surface area contributed by atoms with Crippen molar-refractivity contribution in [2.24, 2.45) is 22.7 Å². The normalized spacial score (nSPS) is 16.7. The number of nitrogens with two attached hydrogens (primary N) is 1. The van der Waals surface area contributed by atoms with Crippen molar-refractivity contribution in [1.29, 1.82) is 0 Å². The fourth-order valence-electron chi connectivity index (χ4n) is 3.66. The second kappa shape index (κ2) is 11.6. The van der Waals surface area contributed by atoms with E-state index in [2.05, 4.69) is 15.1 Å². The Morgan fingerprint density at radius 3 is 2.50 bits per heavy atom. The average Bonchev–Trinajstić information content (AvgIpc) is 2.71. The minimum Gasteiger partial charge on any atom is -0.460 e. The van der Waals surface area contributed by atoms with Crippen LogP contribution < -0.4 is 5.73 Å². The number of aromatic nitrogens is 2. The van der Waals surface area contributed by atoms with Gasteiger partial charge in [0.1, 0.15) is 5.60 Å². The maximum absolute atomic E-state index is 12.6. The Labute approximate surface area is 178 Å². The highest BCUT2D eigenvalue weighted by atomic mass is 16.7. The molecule has 1 heterocycles. The standard InChI is InChI=1S/C22H34N4O4/c1-22(2,3)29-18(27)15-17(12-7-11-16-9-5-4-6-10-16)21(28)30-26-19(23)20-24-13-8-14-25-20/h8,13-14,16-17H,4-7,9-12,15H2,1-3H3,(H2,23,26)/t17-/m0/s1. The van der Waals surface area contributed by atoms with E-state index in [-0.39, 0.29) is 18.1 Å². The van der Waals surface area contributed by atoms with E-state index in [0.717, 1.165) is 12.8 Å². The van der Waals surface area contributed by atoms with Gasteiger partial charge in [-0.2, -0.15) is 0 Å². The van der Waals surface area contributed by atoms with E-state index in [1.807, 2.05) is 0 Å². The second-order valence-electron chi connectivity index (χ2n) is 8.88.